The molecule has 0 saturated carbocycles. The molecular formula is C17H33N3. The first-order chi connectivity index (χ1) is 9.51. The van der Waals surface area contributed by atoms with E-state index in [0.717, 1.165) is 18.9 Å². The average molecular weight is 279 g/mol. The van der Waals surface area contributed by atoms with Crippen LogP contribution in [0.5, 0.6) is 0 Å². The highest BCUT2D eigenvalue weighted by atomic mass is 15.3. The zero-order chi connectivity index (χ0) is 15.1. The first-order valence-electron chi connectivity index (χ1n) is 8.23. The highest BCUT2D eigenvalue weighted by Crippen LogP contribution is 2.19. The van der Waals surface area contributed by atoms with Gasteiger partial charge in [0.1, 0.15) is 0 Å². The lowest BCUT2D eigenvalue weighted by atomic mass is 9.91. The van der Waals surface area contributed by atoms with Crippen molar-refractivity contribution < 1.29 is 0 Å². The van der Waals surface area contributed by atoms with Crippen LogP contribution in [0.15, 0.2) is 0 Å². The van der Waals surface area contributed by atoms with Crippen LogP contribution in [-0.4, -0.2) is 22.4 Å². The van der Waals surface area contributed by atoms with Crippen LogP contribution in [0, 0.1) is 19.8 Å². The number of nitrogens with one attached hydrogen (secondary N) is 1. The van der Waals surface area contributed by atoms with Crippen LogP contribution >= 0.6 is 0 Å². The van der Waals surface area contributed by atoms with E-state index >= 15 is 0 Å². The third-order valence-corrected chi connectivity index (χ3v) is 4.45. The molecule has 1 N–H and O–H groups in total. The zero-order valence-electron chi connectivity index (χ0n) is 14.3. The summed E-state index contributed by atoms with van der Waals surface area (Å²) >= 11 is 0. The maximum atomic E-state index is 4.53. The van der Waals surface area contributed by atoms with Crippen molar-refractivity contribution in [3.63, 3.8) is 0 Å². The fourth-order valence-electron chi connectivity index (χ4n) is 3.05. The Balaban J connectivity index is 2.65. The van der Waals surface area contributed by atoms with Gasteiger partial charge in [0.15, 0.2) is 0 Å². The van der Waals surface area contributed by atoms with E-state index in [1.165, 1.54) is 42.6 Å². The van der Waals surface area contributed by atoms with Crippen LogP contribution < -0.4 is 5.32 Å². The van der Waals surface area contributed by atoms with Gasteiger partial charge >= 0.3 is 0 Å². The highest BCUT2D eigenvalue weighted by Gasteiger charge is 2.18. The maximum Gasteiger partial charge on any atom is 0.0628 e. The highest BCUT2D eigenvalue weighted by molar-refractivity contribution is 5.24. The largest absolute Gasteiger partial charge is 0.314 e. The molecule has 3 nitrogen and oxygen atoms in total. The minimum Gasteiger partial charge on any atom is -0.314 e. The molecule has 0 aliphatic rings. The Morgan fingerprint density at radius 1 is 1.15 bits per heavy atom. The number of aryl methyl sites for hydroxylation is 2. The Bertz CT molecular complexity index is 395. The molecule has 0 amide bonds. The van der Waals surface area contributed by atoms with Crippen molar-refractivity contribution in [2.75, 3.05) is 6.54 Å². The Labute approximate surface area is 125 Å². The molecule has 116 valence electrons. The summed E-state index contributed by atoms with van der Waals surface area (Å²) < 4.78 is 2.01. The van der Waals surface area contributed by atoms with Crippen molar-refractivity contribution in [3.05, 3.63) is 17.0 Å². The predicted octanol–water partition coefficient (Wildman–Crippen LogP) is 3.77. The maximum absolute atomic E-state index is 4.53. The van der Waals surface area contributed by atoms with Crippen LogP contribution in [0.3, 0.4) is 0 Å². The quantitative estimate of drug-likeness (QED) is 0.745. The molecule has 0 fully saturated rings. The molecule has 0 spiro atoms. The van der Waals surface area contributed by atoms with Crippen molar-refractivity contribution in [1.82, 2.24) is 15.1 Å². The number of nitrogens with zero attached hydrogens (tertiary/aromatic N) is 2. The van der Waals surface area contributed by atoms with Crippen LogP contribution in [0.2, 0.25) is 0 Å². The molecule has 1 aromatic rings. The molecule has 20 heavy (non-hydrogen) atoms. The minimum absolute atomic E-state index is 0.633. The topological polar surface area (TPSA) is 29.9 Å². The molecule has 0 aliphatic carbocycles. The summed E-state index contributed by atoms with van der Waals surface area (Å²) in [6.07, 6.45) is 6.15. The summed E-state index contributed by atoms with van der Waals surface area (Å²) in [5, 5.41) is 8.27. The van der Waals surface area contributed by atoms with E-state index in [0.29, 0.717) is 6.04 Å². The van der Waals surface area contributed by atoms with E-state index in [-0.39, 0.29) is 0 Å². The lowest BCUT2D eigenvalue weighted by Gasteiger charge is -2.25. The summed E-state index contributed by atoms with van der Waals surface area (Å²) in [5.74, 6) is 0.754. The minimum atomic E-state index is 0.633. The molecule has 2 unspecified atom stereocenters. The standard InChI is InChI=1S/C17H33N3/c1-7-9-13(3)17(18-12-8-2)11-10-16-14(4)19-20(6)15(16)5/h13,17-18H,7-12H2,1-6H3. The molecule has 2 atom stereocenters. The Kier molecular flexibility index (Phi) is 7.28. The van der Waals surface area contributed by atoms with Gasteiger partial charge < -0.3 is 5.32 Å². The number of rotatable bonds is 9. The van der Waals surface area contributed by atoms with Gasteiger partial charge in [-0.15, -0.1) is 0 Å². The Hall–Kier alpha value is -0.830. The van der Waals surface area contributed by atoms with Gasteiger partial charge in [0, 0.05) is 18.8 Å². The van der Waals surface area contributed by atoms with Crippen molar-refractivity contribution >= 4 is 0 Å². The van der Waals surface area contributed by atoms with Gasteiger partial charge in [-0.1, -0.05) is 27.2 Å². The van der Waals surface area contributed by atoms with E-state index in [4.69, 9.17) is 0 Å². The van der Waals surface area contributed by atoms with Gasteiger partial charge in [0.2, 0.25) is 0 Å². The Morgan fingerprint density at radius 3 is 2.35 bits per heavy atom. The molecule has 1 aromatic heterocycles. The van der Waals surface area contributed by atoms with Gasteiger partial charge in [-0.2, -0.15) is 5.10 Å². The molecule has 3 heteroatoms. The fraction of sp³-hybridized carbons (Fsp3) is 0.824. The summed E-state index contributed by atoms with van der Waals surface area (Å²) in [5.41, 5.74) is 3.96. The number of aromatic nitrogens is 2. The molecular weight excluding hydrogens is 246 g/mol. The van der Waals surface area contributed by atoms with Gasteiger partial charge in [-0.3, -0.25) is 4.68 Å². The van der Waals surface area contributed by atoms with Gasteiger partial charge in [-0.05, 0) is 57.6 Å². The van der Waals surface area contributed by atoms with E-state index < -0.39 is 0 Å². The SMILES string of the molecule is CCCNC(CCc1c(C)nn(C)c1C)C(C)CCC. The van der Waals surface area contributed by atoms with E-state index in [1.807, 2.05) is 11.7 Å². The molecule has 0 saturated heterocycles. The first kappa shape index (κ1) is 17.2. The molecule has 0 aromatic carbocycles. The van der Waals surface area contributed by atoms with E-state index in [1.54, 1.807) is 0 Å². The fourth-order valence-corrected chi connectivity index (χ4v) is 3.05. The van der Waals surface area contributed by atoms with E-state index in [2.05, 4.69) is 45.0 Å². The second-order valence-corrected chi connectivity index (χ2v) is 6.14. The number of hydrogen-bond donors (Lipinski definition) is 1. The molecule has 0 bridgehead atoms. The normalized spacial score (nSPS) is 14.5. The lowest BCUT2D eigenvalue weighted by Crippen LogP contribution is -2.36. The van der Waals surface area contributed by atoms with Crippen LogP contribution in [-0.2, 0) is 13.5 Å². The van der Waals surface area contributed by atoms with Gasteiger partial charge in [-0.25, -0.2) is 0 Å². The monoisotopic (exact) mass is 279 g/mol. The third-order valence-electron chi connectivity index (χ3n) is 4.45. The third kappa shape index (κ3) is 4.62. The van der Waals surface area contributed by atoms with Gasteiger partial charge in [0.25, 0.3) is 0 Å². The summed E-state index contributed by atoms with van der Waals surface area (Å²) in [6, 6.07) is 0.633. The lowest BCUT2D eigenvalue weighted by molar-refractivity contribution is 0.337. The smallest absolute Gasteiger partial charge is 0.0628 e. The van der Waals surface area contributed by atoms with Crippen molar-refractivity contribution in [2.45, 2.75) is 72.8 Å². The zero-order valence-corrected chi connectivity index (χ0v) is 14.3. The number of hydrogen-bond acceptors (Lipinski definition) is 2. The van der Waals surface area contributed by atoms with E-state index in [9.17, 15) is 0 Å². The molecule has 0 aliphatic heterocycles. The van der Waals surface area contributed by atoms with Crippen LogP contribution in [0.1, 0.15) is 63.4 Å². The van der Waals surface area contributed by atoms with Crippen molar-refractivity contribution in [1.29, 1.82) is 0 Å². The van der Waals surface area contributed by atoms with Crippen LogP contribution in [0.4, 0.5) is 0 Å². The second kappa shape index (κ2) is 8.46. The second-order valence-electron chi connectivity index (χ2n) is 6.14. The first-order valence-corrected chi connectivity index (χ1v) is 8.23. The average Bonchev–Trinajstić information content (AvgIpc) is 2.64. The molecule has 1 heterocycles. The molecule has 0 radical (unpaired) electrons. The van der Waals surface area contributed by atoms with Crippen molar-refractivity contribution in [2.24, 2.45) is 13.0 Å². The molecule has 1 rings (SSSR count). The summed E-state index contributed by atoms with van der Waals surface area (Å²) in [4.78, 5) is 0. The predicted molar refractivity (Wildman–Crippen MR) is 87.2 cm³/mol. The van der Waals surface area contributed by atoms with Crippen LogP contribution in [0.25, 0.3) is 0 Å². The summed E-state index contributed by atoms with van der Waals surface area (Å²) in [7, 11) is 2.04. The summed E-state index contributed by atoms with van der Waals surface area (Å²) in [6.45, 7) is 12.3. The Morgan fingerprint density at radius 2 is 1.85 bits per heavy atom. The van der Waals surface area contributed by atoms with Crippen molar-refractivity contribution in [3.8, 4) is 0 Å². The van der Waals surface area contributed by atoms with Gasteiger partial charge in [0.05, 0.1) is 5.69 Å².